The lowest BCUT2D eigenvalue weighted by Gasteiger charge is -2.04. The zero-order chi connectivity index (χ0) is 14.8. The van der Waals surface area contributed by atoms with E-state index < -0.39 is 0 Å². The zero-order valence-electron chi connectivity index (χ0n) is 12.1. The van der Waals surface area contributed by atoms with Crippen LogP contribution in [0.3, 0.4) is 0 Å². The molecule has 0 fully saturated rings. The molecule has 1 aromatic heterocycles. The van der Waals surface area contributed by atoms with Crippen LogP contribution in [0, 0.1) is 0 Å². The summed E-state index contributed by atoms with van der Waals surface area (Å²) in [4.78, 5) is 8.70. The average molecular weight is 264 g/mol. The van der Waals surface area contributed by atoms with Crippen LogP contribution in [0.15, 0.2) is 84.7 Å². The Hall–Kier alpha value is -2.48. The number of hydrogen-bond donors (Lipinski definition) is 0. The van der Waals surface area contributed by atoms with E-state index >= 15 is 0 Å². The van der Waals surface area contributed by atoms with E-state index in [0.29, 0.717) is 0 Å². The Kier molecular flexibility index (Phi) is 6.69. The molecule has 1 aromatic rings. The van der Waals surface area contributed by atoms with Crippen LogP contribution in [0.5, 0.6) is 0 Å². The third-order valence-electron chi connectivity index (χ3n) is 2.71. The smallest absolute Gasteiger partial charge is 0.0698 e. The lowest BCUT2D eigenvalue weighted by Crippen LogP contribution is -1.95. The van der Waals surface area contributed by atoms with Crippen molar-refractivity contribution in [2.75, 3.05) is 0 Å². The molecule has 0 radical (unpaired) electrons. The van der Waals surface area contributed by atoms with Gasteiger partial charge in [0.2, 0.25) is 0 Å². The molecular formula is C18H20N2. The van der Waals surface area contributed by atoms with Gasteiger partial charge in [0.1, 0.15) is 0 Å². The molecule has 0 aliphatic rings. The highest BCUT2D eigenvalue weighted by atomic mass is 14.7. The number of aliphatic imine (C=N–C) groups is 1. The van der Waals surface area contributed by atoms with Gasteiger partial charge in [-0.3, -0.25) is 9.98 Å². The summed E-state index contributed by atoms with van der Waals surface area (Å²) in [5.41, 5.74) is 3.84. The van der Waals surface area contributed by atoms with Crippen LogP contribution in [0.4, 0.5) is 0 Å². The first kappa shape index (κ1) is 15.6. The molecule has 0 aromatic carbocycles. The summed E-state index contributed by atoms with van der Waals surface area (Å²) in [6, 6.07) is 5.86. The van der Waals surface area contributed by atoms with E-state index in [4.69, 9.17) is 0 Å². The number of pyridine rings is 1. The maximum absolute atomic E-state index is 4.36. The molecule has 102 valence electrons. The number of rotatable bonds is 6. The molecular weight excluding hydrogens is 244 g/mol. The molecule has 20 heavy (non-hydrogen) atoms. The first-order valence-electron chi connectivity index (χ1n) is 6.47. The standard InChI is InChI=1S/C18H20N2/c1-5-8-12-19-15(4)16(6-2)14-17(7-3)18-11-9-10-13-20-18/h5-14H,1-2H2,3-4H3/b12-8-,16-14+,17-7+,19-15-. The lowest BCUT2D eigenvalue weighted by atomic mass is 10.0. The molecule has 0 spiro atoms. The monoisotopic (exact) mass is 264 g/mol. The Morgan fingerprint density at radius 3 is 2.65 bits per heavy atom. The minimum Gasteiger partial charge on any atom is -0.261 e. The summed E-state index contributed by atoms with van der Waals surface area (Å²) in [6.07, 6.45) is 12.9. The van der Waals surface area contributed by atoms with E-state index in [1.165, 1.54) is 0 Å². The average Bonchev–Trinajstić information content (AvgIpc) is 2.49. The fraction of sp³-hybridized carbons (Fsp3) is 0.111. The number of hydrogen-bond acceptors (Lipinski definition) is 2. The fourth-order valence-electron chi connectivity index (χ4n) is 1.61. The van der Waals surface area contributed by atoms with E-state index in [1.54, 1.807) is 30.6 Å². The van der Waals surface area contributed by atoms with E-state index in [2.05, 4.69) is 23.1 Å². The van der Waals surface area contributed by atoms with Crippen molar-refractivity contribution < 1.29 is 0 Å². The third kappa shape index (κ3) is 4.65. The number of allylic oxidation sites excluding steroid dienone is 7. The van der Waals surface area contributed by atoms with Crippen LogP contribution in [0.1, 0.15) is 19.5 Å². The van der Waals surface area contributed by atoms with Gasteiger partial charge in [0.25, 0.3) is 0 Å². The maximum atomic E-state index is 4.36. The van der Waals surface area contributed by atoms with Crippen LogP contribution in [-0.2, 0) is 0 Å². The summed E-state index contributed by atoms with van der Waals surface area (Å²) in [5.74, 6) is 0. The summed E-state index contributed by atoms with van der Waals surface area (Å²) < 4.78 is 0. The summed E-state index contributed by atoms with van der Waals surface area (Å²) in [7, 11) is 0. The van der Waals surface area contributed by atoms with Crippen molar-refractivity contribution in [1.82, 2.24) is 4.98 Å². The van der Waals surface area contributed by atoms with Crippen molar-refractivity contribution in [2.45, 2.75) is 13.8 Å². The second kappa shape index (κ2) is 8.59. The van der Waals surface area contributed by atoms with Crippen molar-refractivity contribution >= 4 is 11.3 Å². The van der Waals surface area contributed by atoms with Crippen molar-refractivity contribution in [3.8, 4) is 0 Å². The molecule has 0 unspecified atom stereocenters. The zero-order valence-corrected chi connectivity index (χ0v) is 12.1. The lowest BCUT2D eigenvalue weighted by molar-refractivity contribution is 1.28. The van der Waals surface area contributed by atoms with Crippen molar-refractivity contribution in [2.24, 2.45) is 4.99 Å². The molecule has 1 rings (SSSR count). The normalized spacial score (nSPS) is 13.6. The topological polar surface area (TPSA) is 25.2 Å². The predicted octanol–water partition coefficient (Wildman–Crippen LogP) is 4.76. The van der Waals surface area contributed by atoms with Gasteiger partial charge in [-0.05, 0) is 49.3 Å². The van der Waals surface area contributed by atoms with Crippen LogP contribution in [0.2, 0.25) is 0 Å². The SMILES string of the molecule is C=C\C=C/N=C(C)\C(C=C)=C\C(=C/C)c1ccccn1. The van der Waals surface area contributed by atoms with Gasteiger partial charge in [-0.1, -0.05) is 37.5 Å². The van der Waals surface area contributed by atoms with Gasteiger partial charge in [-0.25, -0.2) is 0 Å². The van der Waals surface area contributed by atoms with Crippen LogP contribution in [-0.4, -0.2) is 10.7 Å². The molecule has 2 heteroatoms. The number of nitrogens with zero attached hydrogens (tertiary/aromatic N) is 2. The maximum Gasteiger partial charge on any atom is 0.0698 e. The minimum absolute atomic E-state index is 0.897. The summed E-state index contributed by atoms with van der Waals surface area (Å²) >= 11 is 0. The molecule has 0 atom stereocenters. The Morgan fingerprint density at radius 2 is 2.10 bits per heavy atom. The highest BCUT2D eigenvalue weighted by Gasteiger charge is 2.02. The number of aromatic nitrogens is 1. The van der Waals surface area contributed by atoms with Crippen LogP contribution in [0.25, 0.3) is 5.57 Å². The van der Waals surface area contributed by atoms with E-state index in [9.17, 15) is 0 Å². The van der Waals surface area contributed by atoms with Gasteiger partial charge in [-0.15, -0.1) is 0 Å². The van der Waals surface area contributed by atoms with Gasteiger partial charge in [-0.2, -0.15) is 0 Å². The van der Waals surface area contributed by atoms with Crippen LogP contribution < -0.4 is 0 Å². The Labute approximate surface area is 121 Å². The highest BCUT2D eigenvalue weighted by Crippen LogP contribution is 2.16. The Bertz CT molecular complexity index is 573. The fourth-order valence-corrected chi connectivity index (χ4v) is 1.61. The second-order valence-corrected chi connectivity index (χ2v) is 4.05. The summed E-state index contributed by atoms with van der Waals surface area (Å²) in [6.45, 7) is 11.4. The van der Waals surface area contributed by atoms with Gasteiger partial charge >= 0.3 is 0 Å². The second-order valence-electron chi connectivity index (χ2n) is 4.05. The molecule has 0 N–H and O–H groups in total. The first-order valence-corrected chi connectivity index (χ1v) is 6.47. The van der Waals surface area contributed by atoms with Crippen molar-refractivity contribution in [3.63, 3.8) is 0 Å². The van der Waals surface area contributed by atoms with Gasteiger partial charge in [0.05, 0.1) is 5.69 Å². The quantitative estimate of drug-likeness (QED) is 0.537. The van der Waals surface area contributed by atoms with E-state index in [0.717, 1.165) is 22.6 Å². The molecule has 0 aliphatic carbocycles. The molecule has 0 amide bonds. The predicted molar refractivity (Wildman–Crippen MR) is 88.6 cm³/mol. The molecule has 2 nitrogen and oxygen atoms in total. The minimum atomic E-state index is 0.897. The Balaban J connectivity index is 3.10. The Morgan fingerprint density at radius 1 is 1.30 bits per heavy atom. The largest absolute Gasteiger partial charge is 0.261 e. The van der Waals surface area contributed by atoms with Gasteiger partial charge in [0, 0.05) is 18.1 Å². The van der Waals surface area contributed by atoms with E-state index in [-0.39, 0.29) is 0 Å². The summed E-state index contributed by atoms with van der Waals surface area (Å²) in [5, 5.41) is 0. The molecule has 0 bridgehead atoms. The van der Waals surface area contributed by atoms with Gasteiger partial charge in [0.15, 0.2) is 0 Å². The molecule has 1 heterocycles. The van der Waals surface area contributed by atoms with Crippen molar-refractivity contribution in [3.05, 3.63) is 85.4 Å². The van der Waals surface area contributed by atoms with Gasteiger partial charge < -0.3 is 0 Å². The van der Waals surface area contributed by atoms with Crippen LogP contribution >= 0.6 is 0 Å². The molecule has 0 aliphatic heterocycles. The van der Waals surface area contributed by atoms with E-state index in [1.807, 2.05) is 44.2 Å². The first-order chi connectivity index (χ1) is 9.72. The molecule has 0 saturated carbocycles. The third-order valence-corrected chi connectivity index (χ3v) is 2.71. The molecule has 0 saturated heterocycles. The van der Waals surface area contributed by atoms with Crippen molar-refractivity contribution in [1.29, 1.82) is 0 Å². The highest BCUT2D eigenvalue weighted by molar-refractivity contribution is 6.03.